The van der Waals surface area contributed by atoms with Crippen molar-refractivity contribution in [3.8, 4) is 11.4 Å². The molecule has 0 bridgehead atoms. The van der Waals surface area contributed by atoms with E-state index in [9.17, 15) is 10.1 Å². The van der Waals surface area contributed by atoms with E-state index in [-0.39, 0.29) is 10.6 Å². The summed E-state index contributed by atoms with van der Waals surface area (Å²) >= 11 is 3.13. The first-order valence-electron chi connectivity index (χ1n) is 6.62. The summed E-state index contributed by atoms with van der Waals surface area (Å²) in [6.45, 7) is 3.67. The summed E-state index contributed by atoms with van der Waals surface area (Å²) in [5, 5.41) is 15.9. The van der Waals surface area contributed by atoms with Crippen molar-refractivity contribution >= 4 is 28.4 Å². The summed E-state index contributed by atoms with van der Waals surface area (Å²) in [6, 6.07) is 3.52. The zero-order valence-corrected chi connectivity index (χ0v) is 13.7. The third-order valence-corrected chi connectivity index (χ3v) is 4.87. The van der Waals surface area contributed by atoms with E-state index in [1.807, 2.05) is 23.8 Å². The summed E-state index contributed by atoms with van der Waals surface area (Å²) in [4.78, 5) is 19.5. The highest BCUT2D eigenvalue weighted by molar-refractivity contribution is 7.10. The predicted octanol–water partition coefficient (Wildman–Crippen LogP) is 4.38. The van der Waals surface area contributed by atoms with Crippen molar-refractivity contribution < 1.29 is 4.92 Å². The molecule has 0 unspecified atom stereocenters. The van der Waals surface area contributed by atoms with Crippen molar-refractivity contribution in [1.82, 2.24) is 9.97 Å². The highest BCUT2D eigenvalue weighted by Gasteiger charge is 2.15. The van der Waals surface area contributed by atoms with Gasteiger partial charge in [0.25, 0.3) is 5.69 Å². The fraction of sp³-hybridized carbons (Fsp3) is 0.200. The van der Waals surface area contributed by atoms with E-state index in [1.165, 1.54) is 0 Å². The number of hydrogen-bond donors (Lipinski definition) is 0. The number of thiazole rings is 2. The molecule has 0 N–H and O–H groups in total. The Morgan fingerprint density at radius 1 is 1.18 bits per heavy atom. The molecule has 0 aliphatic carbocycles. The Hall–Kier alpha value is -2.12. The Morgan fingerprint density at radius 2 is 2.00 bits per heavy atom. The molecule has 0 radical (unpaired) electrons. The van der Waals surface area contributed by atoms with Crippen LogP contribution in [0.5, 0.6) is 0 Å². The van der Waals surface area contributed by atoms with Gasteiger partial charge < -0.3 is 0 Å². The molecule has 7 heteroatoms. The summed E-state index contributed by atoms with van der Waals surface area (Å²) in [5.74, 6) is 0. The SMILES string of the molecule is Cc1cc([N+](=O)[O-])c(C)cc1Cc1nc(-c2cscn2)cs1. The van der Waals surface area contributed by atoms with E-state index in [2.05, 4.69) is 9.97 Å². The van der Waals surface area contributed by atoms with Crippen molar-refractivity contribution in [2.45, 2.75) is 20.3 Å². The fourth-order valence-corrected chi connectivity index (χ4v) is 3.62. The van der Waals surface area contributed by atoms with Crippen LogP contribution >= 0.6 is 22.7 Å². The monoisotopic (exact) mass is 331 g/mol. The second kappa shape index (κ2) is 5.94. The first kappa shape index (κ1) is 14.8. The lowest BCUT2D eigenvalue weighted by atomic mass is 10.0. The standard InChI is InChI=1S/C15H13N3O2S2/c1-9-4-14(18(19)20)10(2)3-11(9)5-15-17-13(7-22-15)12-6-21-8-16-12/h3-4,6-8H,5H2,1-2H3. The van der Waals surface area contributed by atoms with Crippen LogP contribution in [0.15, 0.2) is 28.4 Å². The Balaban J connectivity index is 1.87. The molecule has 0 amide bonds. The summed E-state index contributed by atoms with van der Waals surface area (Å²) < 4.78 is 0. The Morgan fingerprint density at radius 3 is 2.68 bits per heavy atom. The van der Waals surface area contributed by atoms with Crippen LogP contribution < -0.4 is 0 Å². The maximum atomic E-state index is 11.0. The molecule has 0 atom stereocenters. The van der Waals surface area contributed by atoms with Gasteiger partial charge in [-0.2, -0.15) is 0 Å². The molecule has 0 aliphatic rings. The molecule has 3 rings (SSSR count). The van der Waals surface area contributed by atoms with Crippen LogP contribution in [0.4, 0.5) is 5.69 Å². The van der Waals surface area contributed by atoms with Gasteiger partial charge in [0.2, 0.25) is 0 Å². The third kappa shape index (κ3) is 2.90. The van der Waals surface area contributed by atoms with Crippen molar-refractivity contribution in [2.75, 3.05) is 0 Å². The van der Waals surface area contributed by atoms with Crippen LogP contribution in [-0.2, 0) is 6.42 Å². The van der Waals surface area contributed by atoms with Crippen LogP contribution in [-0.4, -0.2) is 14.9 Å². The number of nitro groups is 1. The van der Waals surface area contributed by atoms with Gasteiger partial charge in [0, 0.05) is 28.8 Å². The topological polar surface area (TPSA) is 68.9 Å². The van der Waals surface area contributed by atoms with E-state index in [4.69, 9.17) is 0 Å². The van der Waals surface area contributed by atoms with Crippen molar-refractivity contribution in [2.24, 2.45) is 0 Å². The molecule has 0 saturated carbocycles. The second-order valence-electron chi connectivity index (χ2n) is 5.00. The van der Waals surface area contributed by atoms with Gasteiger partial charge in [-0.3, -0.25) is 10.1 Å². The number of nitrogens with zero attached hydrogens (tertiary/aromatic N) is 3. The van der Waals surface area contributed by atoms with Gasteiger partial charge in [-0.1, -0.05) is 0 Å². The minimum Gasteiger partial charge on any atom is -0.258 e. The van der Waals surface area contributed by atoms with Crippen LogP contribution in [0.25, 0.3) is 11.4 Å². The normalized spacial score (nSPS) is 10.8. The number of aromatic nitrogens is 2. The molecule has 0 fully saturated rings. The Kier molecular flexibility index (Phi) is 4.00. The minimum absolute atomic E-state index is 0.170. The second-order valence-corrected chi connectivity index (χ2v) is 6.66. The van der Waals surface area contributed by atoms with Crippen LogP contribution in [0.2, 0.25) is 0 Å². The van der Waals surface area contributed by atoms with Crippen LogP contribution in [0.1, 0.15) is 21.7 Å². The number of hydrogen-bond acceptors (Lipinski definition) is 6. The highest BCUT2D eigenvalue weighted by atomic mass is 32.1. The largest absolute Gasteiger partial charge is 0.272 e. The average Bonchev–Trinajstić information content (AvgIpc) is 3.12. The van der Waals surface area contributed by atoms with E-state index < -0.39 is 0 Å². The number of rotatable bonds is 4. The number of aryl methyl sites for hydroxylation is 2. The average molecular weight is 331 g/mol. The third-order valence-electron chi connectivity index (χ3n) is 3.44. The van der Waals surface area contributed by atoms with Gasteiger partial charge in [-0.15, -0.1) is 22.7 Å². The number of benzene rings is 1. The lowest BCUT2D eigenvalue weighted by Gasteiger charge is -2.06. The Labute approximate surface area is 135 Å². The van der Waals surface area contributed by atoms with Crippen molar-refractivity contribution in [3.63, 3.8) is 0 Å². The minimum atomic E-state index is -0.337. The first-order valence-corrected chi connectivity index (χ1v) is 8.44. The van der Waals surface area contributed by atoms with Gasteiger partial charge in [0.1, 0.15) is 11.4 Å². The zero-order chi connectivity index (χ0) is 15.7. The summed E-state index contributed by atoms with van der Waals surface area (Å²) in [7, 11) is 0. The maximum Gasteiger partial charge on any atom is 0.272 e. The fourth-order valence-electron chi connectivity index (χ4n) is 2.26. The lowest BCUT2D eigenvalue weighted by molar-refractivity contribution is -0.385. The summed E-state index contributed by atoms with van der Waals surface area (Å²) in [6.07, 6.45) is 0.680. The van der Waals surface area contributed by atoms with Crippen LogP contribution in [0.3, 0.4) is 0 Å². The molecular formula is C15H13N3O2S2. The van der Waals surface area contributed by atoms with Crippen LogP contribution in [0, 0.1) is 24.0 Å². The van der Waals surface area contributed by atoms with Gasteiger partial charge in [0.05, 0.1) is 15.4 Å². The van der Waals surface area contributed by atoms with E-state index in [0.717, 1.165) is 27.5 Å². The molecule has 2 heterocycles. The van der Waals surface area contributed by atoms with E-state index in [1.54, 1.807) is 41.2 Å². The first-order chi connectivity index (χ1) is 10.5. The van der Waals surface area contributed by atoms with Crippen molar-refractivity contribution in [1.29, 1.82) is 0 Å². The highest BCUT2D eigenvalue weighted by Crippen LogP contribution is 2.27. The summed E-state index contributed by atoms with van der Waals surface area (Å²) in [5.41, 5.74) is 6.41. The van der Waals surface area contributed by atoms with Gasteiger partial charge >= 0.3 is 0 Å². The molecular weight excluding hydrogens is 318 g/mol. The van der Waals surface area contributed by atoms with Crippen molar-refractivity contribution in [3.05, 3.63) is 60.2 Å². The molecule has 22 heavy (non-hydrogen) atoms. The van der Waals surface area contributed by atoms with Gasteiger partial charge in [-0.25, -0.2) is 9.97 Å². The Bertz CT molecular complexity index is 825. The molecule has 3 aromatic rings. The molecule has 5 nitrogen and oxygen atoms in total. The smallest absolute Gasteiger partial charge is 0.258 e. The predicted molar refractivity (Wildman–Crippen MR) is 88.6 cm³/mol. The molecule has 0 spiro atoms. The lowest BCUT2D eigenvalue weighted by Crippen LogP contribution is -1.97. The molecule has 1 aromatic carbocycles. The quantitative estimate of drug-likeness (QED) is 0.525. The zero-order valence-electron chi connectivity index (χ0n) is 12.1. The molecule has 112 valence electrons. The van der Waals surface area contributed by atoms with Gasteiger partial charge in [0.15, 0.2) is 0 Å². The maximum absolute atomic E-state index is 11.0. The molecule has 2 aromatic heterocycles. The van der Waals surface area contributed by atoms with E-state index >= 15 is 0 Å². The number of nitro benzene ring substituents is 1. The molecule has 0 aliphatic heterocycles. The van der Waals surface area contributed by atoms with E-state index in [0.29, 0.717) is 12.0 Å². The molecule has 0 saturated heterocycles. The van der Waals surface area contributed by atoms with Gasteiger partial charge in [-0.05, 0) is 31.0 Å².